The van der Waals surface area contributed by atoms with Crippen molar-refractivity contribution in [2.45, 2.75) is 76.7 Å². The zero-order chi connectivity index (χ0) is 14.0. The van der Waals surface area contributed by atoms with Gasteiger partial charge >= 0.3 is 0 Å². The van der Waals surface area contributed by atoms with Crippen LogP contribution in [-0.4, -0.2) is 40.6 Å². The van der Waals surface area contributed by atoms with Gasteiger partial charge in [-0.3, -0.25) is 0 Å². The number of hydrogen-bond acceptors (Lipinski definition) is 2. The SMILES string of the molecule is CC1(O)CCCN(CCCCCCCCCBr)CC1. The summed E-state index contributed by atoms with van der Waals surface area (Å²) in [4.78, 5) is 2.55. The molecule has 1 N–H and O–H groups in total. The van der Waals surface area contributed by atoms with Crippen molar-refractivity contribution in [2.24, 2.45) is 0 Å². The van der Waals surface area contributed by atoms with Crippen molar-refractivity contribution in [3.05, 3.63) is 0 Å². The van der Waals surface area contributed by atoms with Gasteiger partial charge in [0.05, 0.1) is 5.60 Å². The van der Waals surface area contributed by atoms with Crippen molar-refractivity contribution in [1.29, 1.82) is 0 Å². The van der Waals surface area contributed by atoms with Crippen LogP contribution < -0.4 is 0 Å². The molecule has 1 fully saturated rings. The number of halogens is 1. The number of nitrogens with zero attached hydrogens (tertiary/aromatic N) is 1. The lowest BCUT2D eigenvalue weighted by atomic mass is 9.98. The van der Waals surface area contributed by atoms with Crippen LogP contribution in [0.15, 0.2) is 0 Å². The van der Waals surface area contributed by atoms with Crippen LogP contribution in [0.4, 0.5) is 0 Å². The zero-order valence-electron chi connectivity index (χ0n) is 12.7. The van der Waals surface area contributed by atoms with Crippen LogP contribution in [0.1, 0.15) is 71.1 Å². The van der Waals surface area contributed by atoms with Gasteiger partial charge in [0.1, 0.15) is 0 Å². The first kappa shape index (κ1) is 17.5. The van der Waals surface area contributed by atoms with E-state index in [2.05, 4.69) is 20.8 Å². The van der Waals surface area contributed by atoms with E-state index in [1.54, 1.807) is 0 Å². The monoisotopic (exact) mass is 333 g/mol. The molecule has 0 aromatic rings. The molecule has 1 atom stereocenters. The van der Waals surface area contributed by atoms with Gasteiger partial charge in [0, 0.05) is 11.9 Å². The summed E-state index contributed by atoms with van der Waals surface area (Å²) < 4.78 is 0. The lowest BCUT2D eigenvalue weighted by Crippen LogP contribution is -2.29. The largest absolute Gasteiger partial charge is 0.390 e. The average Bonchev–Trinajstić information content (AvgIpc) is 2.54. The summed E-state index contributed by atoms with van der Waals surface area (Å²) in [5.74, 6) is 0. The van der Waals surface area contributed by atoms with Crippen LogP contribution in [0.3, 0.4) is 0 Å². The molecule has 3 heteroatoms. The molecule has 114 valence electrons. The number of hydrogen-bond donors (Lipinski definition) is 1. The Labute approximate surface area is 128 Å². The highest BCUT2D eigenvalue weighted by molar-refractivity contribution is 9.09. The zero-order valence-corrected chi connectivity index (χ0v) is 14.3. The highest BCUT2D eigenvalue weighted by Crippen LogP contribution is 2.21. The molecule has 0 aliphatic carbocycles. The molecule has 1 saturated heterocycles. The van der Waals surface area contributed by atoms with Crippen LogP contribution in [0.5, 0.6) is 0 Å². The molecule has 19 heavy (non-hydrogen) atoms. The van der Waals surface area contributed by atoms with Gasteiger partial charge < -0.3 is 10.0 Å². The minimum Gasteiger partial charge on any atom is -0.390 e. The number of rotatable bonds is 9. The molecule has 0 spiro atoms. The lowest BCUT2D eigenvalue weighted by Gasteiger charge is -2.22. The van der Waals surface area contributed by atoms with Crippen molar-refractivity contribution in [3.63, 3.8) is 0 Å². The third kappa shape index (κ3) is 9.04. The summed E-state index contributed by atoms with van der Waals surface area (Å²) in [6.07, 6.45) is 12.7. The minimum absolute atomic E-state index is 0.413. The predicted octanol–water partition coefficient (Wildman–Crippen LogP) is 4.35. The fourth-order valence-corrected chi connectivity index (χ4v) is 3.25. The molecule has 1 heterocycles. The number of likely N-dealkylation sites (tertiary alicyclic amines) is 1. The van der Waals surface area contributed by atoms with Gasteiger partial charge in [-0.15, -0.1) is 0 Å². The summed E-state index contributed by atoms with van der Waals surface area (Å²) in [5.41, 5.74) is -0.413. The second-order valence-electron chi connectivity index (χ2n) is 6.36. The molecule has 1 aliphatic rings. The van der Waals surface area contributed by atoms with Gasteiger partial charge in [0.15, 0.2) is 0 Å². The molecule has 0 aromatic heterocycles. The summed E-state index contributed by atoms with van der Waals surface area (Å²) in [7, 11) is 0. The molecule has 0 amide bonds. The van der Waals surface area contributed by atoms with E-state index in [0.29, 0.717) is 0 Å². The molecule has 1 unspecified atom stereocenters. The van der Waals surface area contributed by atoms with Crippen LogP contribution in [0.2, 0.25) is 0 Å². The van der Waals surface area contributed by atoms with Crippen LogP contribution in [0, 0.1) is 0 Å². The predicted molar refractivity (Wildman–Crippen MR) is 87.0 cm³/mol. The quantitative estimate of drug-likeness (QED) is 0.501. The van der Waals surface area contributed by atoms with Crippen LogP contribution >= 0.6 is 15.9 Å². The van der Waals surface area contributed by atoms with Crippen molar-refractivity contribution in [2.75, 3.05) is 25.0 Å². The Balaban J connectivity index is 1.94. The van der Waals surface area contributed by atoms with E-state index in [-0.39, 0.29) is 0 Å². The molecule has 2 nitrogen and oxygen atoms in total. The number of aliphatic hydroxyl groups is 1. The third-order valence-electron chi connectivity index (χ3n) is 4.26. The summed E-state index contributed by atoms with van der Waals surface area (Å²) in [6, 6.07) is 0. The third-order valence-corrected chi connectivity index (χ3v) is 4.83. The van der Waals surface area contributed by atoms with Crippen LogP contribution in [-0.2, 0) is 0 Å². The first-order chi connectivity index (χ1) is 9.14. The van der Waals surface area contributed by atoms with E-state index in [9.17, 15) is 5.11 Å². The highest BCUT2D eigenvalue weighted by Gasteiger charge is 2.24. The summed E-state index contributed by atoms with van der Waals surface area (Å²) in [6.45, 7) is 5.49. The molecule has 0 saturated carbocycles. The van der Waals surface area contributed by atoms with Gasteiger partial charge in [-0.25, -0.2) is 0 Å². The van der Waals surface area contributed by atoms with E-state index in [0.717, 1.165) is 31.1 Å². The normalized spacial score (nSPS) is 25.4. The standard InChI is InChI=1S/C16H32BrNO/c1-16(19)10-9-14-18(15-11-16)13-8-6-4-2-3-5-7-12-17/h19H,2-15H2,1H3. The molecular weight excluding hydrogens is 302 g/mol. The topological polar surface area (TPSA) is 23.5 Å². The van der Waals surface area contributed by atoms with Gasteiger partial charge in [-0.05, 0) is 52.1 Å². The van der Waals surface area contributed by atoms with E-state index in [1.807, 2.05) is 6.92 Å². The highest BCUT2D eigenvalue weighted by atomic mass is 79.9. The van der Waals surface area contributed by atoms with E-state index in [4.69, 9.17) is 0 Å². The molecule has 0 aromatic carbocycles. The molecule has 0 radical (unpaired) electrons. The molecule has 1 rings (SSSR count). The van der Waals surface area contributed by atoms with Crippen molar-refractivity contribution in [3.8, 4) is 0 Å². The average molecular weight is 334 g/mol. The second kappa shape index (κ2) is 10.2. The van der Waals surface area contributed by atoms with E-state index >= 15 is 0 Å². The maximum Gasteiger partial charge on any atom is 0.0632 e. The number of unbranched alkanes of at least 4 members (excludes halogenated alkanes) is 6. The Morgan fingerprint density at radius 3 is 2.26 bits per heavy atom. The maximum atomic E-state index is 10.1. The smallest absolute Gasteiger partial charge is 0.0632 e. The Bertz CT molecular complexity index is 221. The Kier molecular flexibility index (Phi) is 9.34. The fraction of sp³-hybridized carbons (Fsp3) is 1.00. The second-order valence-corrected chi connectivity index (χ2v) is 7.15. The summed E-state index contributed by atoms with van der Waals surface area (Å²) in [5, 5.41) is 11.2. The van der Waals surface area contributed by atoms with Gasteiger partial charge in [0.2, 0.25) is 0 Å². The van der Waals surface area contributed by atoms with Crippen molar-refractivity contribution < 1.29 is 5.11 Å². The minimum atomic E-state index is -0.413. The lowest BCUT2D eigenvalue weighted by molar-refractivity contribution is 0.0446. The first-order valence-corrected chi connectivity index (χ1v) is 9.27. The Morgan fingerprint density at radius 2 is 1.58 bits per heavy atom. The van der Waals surface area contributed by atoms with E-state index in [1.165, 1.54) is 58.0 Å². The molecule has 0 bridgehead atoms. The van der Waals surface area contributed by atoms with Gasteiger partial charge in [-0.1, -0.05) is 48.0 Å². The maximum absolute atomic E-state index is 10.1. The van der Waals surface area contributed by atoms with E-state index < -0.39 is 5.60 Å². The van der Waals surface area contributed by atoms with Gasteiger partial charge in [0.25, 0.3) is 0 Å². The van der Waals surface area contributed by atoms with Gasteiger partial charge in [-0.2, -0.15) is 0 Å². The number of alkyl halides is 1. The van der Waals surface area contributed by atoms with Crippen molar-refractivity contribution in [1.82, 2.24) is 4.90 Å². The summed E-state index contributed by atoms with van der Waals surface area (Å²) >= 11 is 3.48. The molecule has 1 aliphatic heterocycles. The Morgan fingerprint density at radius 1 is 0.947 bits per heavy atom. The fourth-order valence-electron chi connectivity index (χ4n) is 2.86. The first-order valence-electron chi connectivity index (χ1n) is 8.15. The Hall–Kier alpha value is 0.400. The van der Waals surface area contributed by atoms with Crippen LogP contribution in [0.25, 0.3) is 0 Å². The van der Waals surface area contributed by atoms with Crippen molar-refractivity contribution >= 4 is 15.9 Å². The molecular formula is C16H32BrNO.